The van der Waals surface area contributed by atoms with Gasteiger partial charge >= 0.3 is 0 Å². The Morgan fingerprint density at radius 2 is 1.76 bits per heavy atom. The summed E-state index contributed by atoms with van der Waals surface area (Å²) < 4.78 is 0. The Bertz CT molecular complexity index is 561. The first-order valence-electron chi connectivity index (χ1n) is 10.8. The molecule has 0 aromatic rings. The molecule has 0 nitrogen and oxygen atoms in total. The third-order valence-electron chi connectivity index (χ3n) is 8.15. The van der Waals surface area contributed by atoms with Gasteiger partial charge in [0.1, 0.15) is 0 Å². The fourth-order valence-electron chi connectivity index (χ4n) is 6.23. The van der Waals surface area contributed by atoms with Crippen molar-refractivity contribution in [2.75, 3.05) is 0 Å². The van der Waals surface area contributed by atoms with Gasteiger partial charge in [0.2, 0.25) is 0 Å². The highest BCUT2D eigenvalue weighted by Gasteiger charge is 2.44. The van der Waals surface area contributed by atoms with Crippen molar-refractivity contribution in [3.05, 3.63) is 35.5 Å². The lowest BCUT2D eigenvalue weighted by atomic mass is 9.69. The zero-order chi connectivity index (χ0) is 18.2. The Kier molecular flexibility index (Phi) is 5.66. The molecule has 0 radical (unpaired) electrons. The summed E-state index contributed by atoms with van der Waals surface area (Å²) in [7, 11) is 0. The Balaban J connectivity index is 1.91. The van der Waals surface area contributed by atoms with E-state index in [2.05, 4.69) is 53.3 Å². The normalized spacial score (nSPS) is 44.2. The van der Waals surface area contributed by atoms with E-state index in [1.807, 2.05) is 0 Å². The van der Waals surface area contributed by atoms with Gasteiger partial charge in [-0.2, -0.15) is 0 Å². The van der Waals surface area contributed by atoms with E-state index in [0.29, 0.717) is 5.41 Å². The molecule has 3 rings (SSSR count). The lowest BCUT2D eigenvalue weighted by Gasteiger charge is -2.35. The van der Waals surface area contributed by atoms with Crippen molar-refractivity contribution in [3.8, 4) is 0 Å². The molecular formula is C25H40. The van der Waals surface area contributed by atoms with Crippen LogP contribution in [0.25, 0.3) is 0 Å². The summed E-state index contributed by atoms with van der Waals surface area (Å²) in [6.45, 7) is 16.7. The first-order valence-corrected chi connectivity index (χ1v) is 10.8. The summed E-state index contributed by atoms with van der Waals surface area (Å²) in [6, 6.07) is 0. The van der Waals surface area contributed by atoms with Crippen LogP contribution in [0, 0.1) is 35.0 Å². The summed E-state index contributed by atoms with van der Waals surface area (Å²) in [4.78, 5) is 0. The highest BCUT2D eigenvalue weighted by Crippen LogP contribution is 2.54. The molecule has 5 atom stereocenters. The first-order chi connectivity index (χ1) is 11.8. The molecule has 0 heterocycles. The van der Waals surface area contributed by atoms with Crippen LogP contribution in [-0.4, -0.2) is 0 Å². The van der Waals surface area contributed by atoms with Gasteiger partial charge in [0.05, 0.1) is 0 Å². The molecule has 0 aromatic carbocycles. The Morgan fingerprint density at radius 1 is 1.04 bits per heavy atom. The van der Waals surface area contributed by atoms with Crippen LogP contribution in [0.3, 0.4) is 0 Å². The number of rotatable bonds is 1. The van der Waals surface area contributed by atoms with Crippen LogP contribution >= 0.6 is 0 Å². The SMILES string of the molecule is C=C1CCC2/C(C)=C/CC3[C@H](C(C)C)CC[C@]3(C)C/C=C(\C)CCC12. The monoisotopic (exact) mass is 340 g/mol. The number of fused-ring (bicyclic) bond motifs is 2. The molecule has 3 aliphatic carbocycles. The number of allylic oxidation sites excluding steroid dienone is 5. The minimum Gasteiger partial charge on any atom is -0.0996 e. The van der Waals surface area contributed by atoms with Gasteiger partial charge in [-0.05, 0) is 100 Å². The van der Waals surface area contributed by atoms with Crippen LogP contribution in [-0.2, 0) is 0 Å². The van der Waals surface area contributed by atoms with E-state index in [9.17, 15) is 0 Å². The smallest absolute Gasteiger partial charge is 0.0137 e. The molecule has 0 bridgehead atoms. The molecule has 0 aliphatic heterocycles. The van der Waals surface area contributed by atoms with Gasteiger partial charge in [0.15, 0.2) is 0 Å². The van der Waals surface area contributed by atoms with E-state index >= 15 is 0 Å². The fourth-order valence-corrected chi connectivity index (χ4v) is 6.23. The van der Waals surface area contributed by atoms with Crippen molar-refractivity contribution in [2.24, 2.45) is 35.0 Å². The summed E-state index contributed by atoms with van der Waals surface area (Å²) >= 11 is 0. The third-order valence-corrected chi connectivity index (χ3v) is 8.15. The van der Waals surface area contributed by atoms with Crippen LogP contribution in [0.4, 0.5) is 0 Å². The van der Waals surface area contributed by atoms with Gasteiger partial charge in [-0.15, -0.1) is 0 Å². The minimum absolute atomic E-state index is 0.505. The highest BCUT2D eigenvalue weighted by molar-refractivity contribution is 5.20. The number of hydrogen-bond donors (Lipinski definition) is 0. The molecule has 3 unspecified atom stereocenters. The van der Waals surface area contributed by atoms with Gasteiger partial charge in [0.25, 0.3) is 0 Å². The lowest BCUT2D eigenvalue weighted by Crippen LogP contribution is -2.27. The van der Waals surface area contributed by atoms with Gasteiger partial charge in [-0.1, -0.05) is 56.2 Å². The molecule has 140 valence electrons. The van der Waals surface area contributed by atoms with Gasteiger partial charge in [-0.3, -0.25) is 0 Å². The second-order valence-corrected chi connectivity index (χ2v) is 10.1. The summed E-state index contributed by atoms with van der Waals surface area (Å²) in [5, 5.41) is 0. The summed E-state index contributed by atoms with van der Waals surface area (Å²) in [5.74, 6) is 4.08. The van der Waals surface area contributed by atoms with E-state index in [-0.39, 0.29) is 0 Å². The minimum atomic E-state index is 0.505. The standard InChI is InChI=1S/C25H40/c1-17(2)21-14-16-25(6)15-13-18(3)7-10-22-19(4)8-11-23(22)20(5)9-12-24(21)25/h9,13,17,21-24H,4,7-8,10-12,14-16H2,1-3,5-6H3/b18-13+,20-9+/t21-,22?,23?,24?,25-/m0/s1. The molecular weight excluding hydrogens is 300 g/mol. The van der Waals surface area contributed by atoms with Crippen molar-refractivity contribution in [3.63, 3.8) is 0 Å². The first kappa shape index (κ1) is 19.0. The zero-order valence-corrected chi connectivity index (χ0v) is 17.4. The second kappa shape index (κ2) is 7.45. The number of hydrogen-bond acceptors (Lipinski definition) is 0. The predicted molar refractivity (Wildman–Crippen MR) is 110 cm³/mol. The third kappa shape index (κ3) is 3.83. The average Bonchev–Trinajstić information content (AvgIpc) is 3.09. The maximum Gasteiger partial charge on any atom is -0.0137 e. The molecule has 0 N–H and O–H groups in total. The molecule has 0 spiro atoms. The van der Waals surface area contributed by atoms with Crippen LogP contribution in [0.5, 0.6) is 0 Å². The van der Waals surface area contributed by atoms with Gasteiger partial charge in [-0.25, -0.2) is 0 Å². The van der Waals surface area contributed by atoms with E-state index in [1.54, 1.807) is 11.1 Å². The van der Waals surface area contributed by atoms with E-state index in [0.717, 1.165) is 29.6 Å². The predicted octanol–water partition coefficient (Wildman–Crippen LogP) is 7.72. The highest BCUT2D eigenvalue weighted by atomic mass is 14.5. The molecule has 0 heteroatoms. The van der Waals surface area contributed by atoms with Crippen LogP contribution in [0.15, 0.2) is 35.5 Å². The topological polar surface area (TPSA) is 0 Å². The fraction of sp³-hybridized carbons (Fsp3) is 0.760. The average molecular weight is 341 g/mol. The van der Waals surface area contributed by atoms with Gasteiger partial charge < -0.3 is 0 Å². The molecule has 0 aromatic heterocycles. The van der Waals surface area contributed by atoms with Crippen molar-refractivity contribution >= 4 is 0 Å². The second-order valence-electron chi connectivity index (χ2n) is 10.1. The van der Waals surface area contributed by atoms with Crippen molar-refractivity contribution < 1.29 is 0 Å². The molecule has 2 saturated carbocycles. The summed E-state index contributed by atoms with van der Waals surface area (Å²) in [5.41, 5.74) is 5.31. The Labute approximate surface area is 156 Å². The van der Waals surface area contributed by atoms with Crippen molar-refractivity contribution in [1.82, 2.24) is 0 Å². The van der Waals surface area contributed by atoms with Crippen molar-refractivity contribution in [2.45, 2.75) is 86.0 Å². The lowest BCUT2D eigenvalue weighted by molar-refractivity contribution is 0.169. The quantitative estimate of drug-likeness (QED) is 0.428. The molecule has 3 aliphatic rings. The zero-order valence-electron chi connectivity index (χ0n) is 17.4. The van der Waals surface area contributed by atoms with Gasteiger partial charge in [0, 0.05) is 0 Å². The Morgan fingerprint density at radius 3 is 2.48 bits per heavy atom. The van der Waals surface area contributed by atoms with E-state index in [1.165, 1.54) is 56.9 Å². The molecule has 2 fully saturated rings. The molecule has 25 heavy (non-hydrogen) atoms. The summed E-state index contributed by atoms with van der Waals surface area (Å²) in [6.07, 6.45) is 15.8. The Hall–Kier alpha value is -0.780. The van der Waals surface area contributed by atoms with E-state index in [4.69, 9.17) is 0 Å². The van der Waals surface area contributed by atoms with Crippen LogP contribution < -0.4 is 0 Å². The maximum absolute atomic E-state index is 4.42. The van der Waals surface area contributed by atoms with Crippen LogP contribution in [0.2, 0.25) is 0 Å². The molecule has 0 amide bonds. The molecule has 0 saturated heterocycles. The largest absolute Gasteiger partial charge is 0.0996 e. The van der Waals surface area contributed by atoms with E-state index < -0.39 is 0 Å². The van der Waals surface area contributed by atoms with Crippen molar-refractivity contribution in [1.29, 1.82) is 0 Å². The van der Waals surface area contributed by atoms with Crippen LogP contribution in [0.1, 0.15) is 86.0 Å². The maximum atomic E-state index is 4.42.